The van der Waals surface area contributed by atoms with Crippen molar-refractivity contribution in [2.24, 2.45) is 0 Å². The molecule has 1 aliphatic heterocycles. The molecular weight excluding hydrogens is 470 g/mol. The number of carbonyl (C=O) groups is 1. The van der Waals surface area contributed by atoms with Crippen molar-refractivity contribution < 1.29 is 21.6 Å². The van der Waals surface area contributed by atoms with Crippen LogP contribution in [0.4, 0.5) is 0 Å². The van der Waals surface area contributed by atoms with E-state index in [1.54, 1.807) is 17.5 Å². The van der Waals surface area contributed by atoms with Crippen LogP contribution in [-0.4, -0.2) is 64.2 Å². The second-order valence-corrected chi connectivity index (χ2v) is 12.4. The molecule has 162 valence electrons. The zero-order valence-electron chi connectivity index (χ0n) is 15.8. The van der Waals surface area contributed by atoms with E-state index in [0.717, 1.165) is 24.2 Å². The first-order valence-corrected chi connectivity index (χ1v) is 13.5. The van der Waals surface area contributed by atoms with Crippen LogP contribution >= 0.6 is 22.9 Å². The normalized spacial score (nSPS) is 18.5. The highest BCUT2D eigenvalue weighted by Gasteiger charge is 2.32. The lowest BCUT2D eigenvalue weighted by Gasteiger charge is -2.33. The molecule has 0 atom stereocenters. The molecule has 12 heteroatoms. The van der Waals surface area contributed by atoms with Crippen LogP contribution in [0.5, 0.6) is 0 Å². The minimum Gasteiger partial charge on any atom is -0.336 e. The summed E-state index contributed by atoms with van der Waals surface area (Å²) in [6.45, 7) is 0.783. The van der Waals surface area contributed by atoms with E-state index in [0.29, 0.717) is 0 Å². The minimum atomic E-state index is -3.81. The molecule has 0 bridgehead atoms. The Morgan fingerprint density at radius 1 is 1.07 bits per heavy atom. The molecular formula is C18H20ClN3O5S3. The molecule has 2 fully saturated rings. The van der Waals surface area contributed by atoms with Gasteiger partial charge in [-0.15, -0.1) is 11.3 Å². The Morgan fingerprint density at radius 2 is 1.77 bits per heavy atom. The van der Waals surface area contributed by atoms with Gasteiger partial charge in [-0.3, -0.25) is 4.79 Å². The van der Waals surface area contributed by atoms with Gasteiger partial charge in [0, 0.05) is 37.8 Å². The van der Waals surface area contributed by atoms with Gasteiger partial charge in [0.15, 0.2) is 0 Å². The van der Waals surface area contributed by atoms with Crippen molar-refractivity contribution in [2.75, 3.05) is 26.2 Å². The summed E-state index contributed by atoms with van der Waals surface area (Å²) in [5.74, 6) is -0.359. The van der Waals surface area contributed by atoms with E-state index in [9.17, 15) is 21.6 Å². The molecule has 1 aliphatic carbocycles. The van der Waals surface area contributed by atoms with Gasteiger partial charge in [-0.2, -0.15) is 4.31 Å². The average Bonchev–Trinajstić information content (AvgIpc) is 3.33. The lowest BCUT2D eigenvalue weighted by Crippen LogP contribution is -2.50. The summed E-state index contributed by atoms with van der Waals surface area (Å²) in [5.41, 5.74) is 0.199. The molecule has 1 saturated heterocycles. The number of rotatable bonds is 6. The van der Waals surface area contributed by atoms with Crippen molar-refractivity contribution >= 4 is 48.9 Å². The molecule has 1 aromatic carbocycles. The maximum atomic E-state index is 12.9. The third-order valence-electron chi connectivity index (χ3n) is 4.98. The topological polar surface area (TPSA) is 104 Å². The number of nitrogens with one attached hydrogen (secondary N) is 1. The number of halogens is 1. The number of carbonyl (C=O) groups excluding carboxylic acids is 1. The maximum absolute atomic E-state index is 12.9. The zero-order valence-corrected chi connectivity index (χ0v) is 19.0. The van der Waals surface area contributed by atoms with E-state index in [4.69, 9.17) is 11.6 Å². The van der Waals surface area contributed by atoms with Gasteiger partial charge < -0.3 is 4.90 Å². The third-order valence-corrected chi connectivity index (χ3v) is 10.3. The fourth-order valence-corrected chi connectivity index (χ4v) is 7.58. The van der Waals surface area contributed by atoms with Gasteiger partial charge in [-0.25, -0.2) is 21.6 Å². The lowest BCUT2D eigenvalue weighted by molar-refractivity contribution is 0.0697. The van der Waals surface area contributed by atoms with Gasteiger partial charge >= 0.3 is 0 Å². The fourth-order valence-electron chi connectivity index (χ4n) is 3.18. The van der Waals surface area contributed by atoms with Crippen molar-refractivity contribution in [3.63, 3.8) is 0 Å². The SMILES string of the molecule is O=C(c1ccc(Cl)c(S(=O)(=O)NC2CC2)c1)N1CCN(S(=O)(=O)c2cccs2)CC1. The first-order valence-electron chi connectivity index (χ1n) is 9.33. The molecule has 1 aromatic heterocycles. The van der Waals surface area contributed by atoms with E-state index in [1.165, 1.54) is 27.4 Å². The van der Waals surface area contributed by atoms with Gasteiger partial charge in [-0.1, -0.05) is 17.7 Å². The molecule has 0 unspecified atom stereocenters. The van der Waals surface area contributed by atoms with Crippen LogP contribution in [-0.2, 0) is 20.0 Å². The molecule has 2 aliphatic rings. The fraction of sp³-hybridized carbons (Fsp3) is 0.389. The Kier molecular flexibility index (Phi) is 5.94. The maximum Gasteiger partial charge on any atom is 0.253 e. The molecule has 4 rings (SSSR count). The second-order valence-electron chi connectivity index (χ2n) is 7.17. The van der Waals surface area contributed by atoms with Gasteiger partial charge in [0.25, 0.3) is 15.9 Å². The molecule has 1 N–H and O–H groups in total. The number of hydrogen-bond donors (Lipinski definition) is 1. The van der Waals surface area contributed by atoms with Crippen LogP contribution < -0.4 is 4.72 Å². The van der Waals surface area contributed by atoms with Gasteiger partial charge in [0.1, 0.15) is 9.10 Å². The Balaban J connectivity index is 1.47. The summed E-state index contributed by atoms with van der Waals surface area (Å²) in [7, 11) is -7.37. The molecule has 30 heavy (non-hydrogen) atoms. The van der Waals surface area contributed by atoms with E-state index in [2.05, 4.69) is 4.72 Å². The average molecular weight is 490 g/mol. The van der Waals surface area contributed by atoms with Crippen molar-refractivity contribution in [1.82, 2.24) is 13.9 Å². The number of thiophene rings is 1. The van der Waals surface area contributed by atoms with E-state index in [-0.39, 0.29) is 57.8 Å². The molecule has 1 saturated carbocycles. The van der Waals surface area contributed by atoms with Gasteiger partial charge in [0.2, 0.25) is 10.0 Å². The summed E-state index contributed by atoms with van der Waals surface area (Å²) in [4.78, 5) is 14.3. The standard InChI is InChI=1S/C18H20ClN3O5S3/c19-15-6-3-13(12-16(15)29(24,25)20-14-4-5-14)18(23)21-7-9-22(10-8-21)30(26,27)17-2-1-11-28-17/h1-3,6,11-12,14,20H,4-5,7-10H2. The van der Waals surface area contributed by atoms with Crippen molar-refractivity contribution in [2.45, 2.75) is 28.0 Å². The minimum absolute atomic E-state index is 0.0477. The van der Waals surface area contributed by atoms with E-state index >= 15 is 0 Å². The first-order chi connectivity index (χ1) is 14.2. The summed E-state index contributed by atoms with van der Waals surface area (Å²) in [6.07, 6.45) is 1.57. The van der Waals surface area contributed by atoms with Crippen LogP contribution in [0.3, 0.4) is 0 Å². The zero-order chi connectivity index (χ0) is 21.5. The Hall–Kier alpha value is -1.50. The smallest absolute Gasteiger partial charge is 0.253 e. The summed E-state index contributed by atoms with van der Waals surface area (Å²) in [5, 5.41) is 1.75. The Morgan fingerprint density at radius 3 is 2.37 bits per heavy atom. The van der Waals surface area contributed by atoms with Gasteiger partial charge in [-0.05, 0) is 42.5 Å². The van der Waals surface area contributed by atoms with Crippen molar-refractivity contribution in [3.8, 4) is 0 Å². The van der Waals surface area contributed by atoms with E-state index in [1.807, 2.05) is 0 Å². The molecule has 8 nitrogen and oxygen atoms in total. The van der Waals surface area contributed by atoms with Crippen molar-refractivity contribution in [1.29, 1.82) is 0 Å². The summed E-state index contributed by atoms with van der Waals surface area (Å²) in [6, 6.07) is 7.32. The van der Waals surface area contributed by atoms with Crippen LogP contribution in [0.15, 0.2) is 44.8 Å². The predicted molar refractivity (Wildman–Crippen MR) is 114 cm³/mol. The Bertz CT molecular complexity index is 1150. The third kappa shape index (κ3) is 4.41. The first kappa shape index (κ1) is 21.7. The van der Waals surface area contributed by atoms with E-state index < -0.39 is 20.0 Å². The molecule has 0 radical (unpaired) electrons. The van der Waals surface area contributed by atoms with Crippen LogP contribution in [0.2, 0.25) is 5.02 Å². The molecule has 1 amide bonds. The second kappa shape index (κ2) is 8.21. The quantitative estimate of drug-likeness (QED) is 0.668. The number of hydrogen-bond acceptors (Lipinski definition) is 6. The van der Waals surface area contributed by atoms with Crippen LogP contribution in [0.1, 0.15) is 23.2 Å². The molecule has 2 heterocycles. The highest BCUT2D eigenvalue weighted by Crippen LogP contribution is 2.28. The lowest BCUT2D eigenvalue weighted by atomic mass is 10.2. The number of amides is 1. The van der Waals surface area contributed by atoms with Crippen LogP contribution in [0.25, 0.3) is 0 Å². The number of piperazine rings is 1. The predicted octanol–water partition coefficient (Wildman–Crippen LogP) is 1.99. The monoisotopic (exact) mass is 489 g/mol. The van der Waals surface area contributed by atoms with Crippen LogP contribution in [0, 0.1) is 0 Å². The number of nitrogens with zero attached hydrogens (tertiary/aromatic N) is 2. The number of benzene rings is 1. The Labute approximate surface area is 184 Å². The summed E-state index contributed by atoms with van der Waals surface area (Å²) < 4.78 is 54.5. The molecule has 0 spiro atoms. The van der Waals surface area contributed by atoms with Crippen molar-refractivity contribution in [3.05, 3.63) is 46.3 Å². The highest BCUT2D eigenvalue weighted by atomic mass is 35.5. The number of sulfonamides is 2. The largest absolute Gasteiger partial charge is 0.336 e. The van der Waals surface area contributed by atoms with Gasteiger partial charge in [0.05, 0.1) is 5.02 Å². The molecule has 2 aromatic rings. The summed E-state index contributed by atoms with van der Waals surface area (Å²) >= 11 is 7.23. The highest BCUT2D eigenvalue weighted by molar-refractivity contribution is 7.91.